The van der Waals surface area contributed by atoms with Crippen molar-refractivity contribution in [1.82, 2.24) is 15.1 Å². The molecule has 0 spiro atoms. The van der Waals surface area contributed by atoms with Gasteiger partial charge in [0.05, 0.1) is 0 Å². The highest BCUT2D eigenvalue weighted by Crippen LogP contribution is 2.22. The summed E-state index contributed by atoms with van der Waals surface area (Å²) in [5.74, 6) is -0.00331. The van der Waals surface area contributed by atoms with Crippen LogP contribution in [-0.2, 0) is 24.2 Å². The molecule has 1 aliphatic carbocycles. The lowest BCUT2D eigenvalue weighted by molar-refractivity contribution is -0.124. The van der Waals surface area contributed by atoms with Crippen molar-refractivity contribution in [1.29, 1.82) is 0 Å². The zero-order valence-electron chi connectivity index (χ0n) is 12.4. The molecular weight excluding hydrogens is 262 g/mol. The highest BCUT2D eigenvalue weighted by molar-refractivity contribution is 5.79. The predicted octanol–water partition coefficient (Wildman–Crippen LogP) is 2.64. The summed E-state index contributed by atoms with van der Waals surface area (Å²) < 4.78 is 1.67. The van der Waals surface area contributed by atoms with Crippen molar-refractivity contribution in [2.75, 3.05) is 0 Å². The first-order chi connectivity index (χ1) is 10.2. The summed E-state index contributed by atoms with van der Waals surface area (Å²) in [5, 5.41) is 7.10. The van der Waals surface area contributed by atoms with E-state index in [4.69, 9.17) is 0 Å². The first-order valence-corrected chi connectivity index (χ1v) is 7.61. The van der Waals surface area contributed by atoms with E-state index in [2.05, 4.69) is 28.6 Å². The van der Waals surface area contributed by atoms with Crippen molar-refractivity contribution in [2.45, 2.75) is 45.2 Å². The highest BCUT2D eigenvalue weighted by Gasteiger charge is 2.15. The summed E-state index contributed by atoms with van der Waals surface area (Å²) in [7, 11) is 0. The fourth-order valence-electron chi connectivity index (χ4n) is 2.86. The fourth-order valence-corrected chi connectivity index (χ4v) is 2.86. The molecule has 1 atom stereocenters. The molecule has 110 valence electrons. The molecule has 1 heterocycles. The van der Waals surface area contributed by atoms with Crippen LogP contribution in [-0.4, -0.2) is 15.7 Å². The Morgan fingerprint density at radius 1 is 1.33 bits per heavy atom. The van der Waals surface area contributed by atoms with Crippen LogP contribution in [0.1, 0.15) is 42.5 Å². The van der Waals surface area contributed by atoms with E-state index in [0.29, 0.717) is 6.54 Å². The maximum Gasteiger partial charge on any atom is 0.244 e. The monoisotopic (exact) mass is 283 g/mol. The average Bonchev–Trinajstić information content (AvgIpc) is 3.06. The van der Waals surface area contributed by atoms with Crippen molar-refractivity contribution >= 4 is 5.91 Å². The van der Waals surface area contributed by atoms with Crippen LogP contribution in [0.5, 0.6) is 0 Å². The van der Waals surface area contributed by atoms with E-state index in [1.807, 2.05) is 19.2 Å². The summed E-state index contributed by atoms with van der Waals surface area (Å²) in [6.07, 6.45) is 8.43. The molecule has 0 bridgehead atoms. The van der Waals surface area contributed by atoms with Gasteiger partial charge < -0.3 is 5.32 Å². The molecule has 0 aliphatic heterocycles. The number of hydrogen-bond acceptors (Lipinski definition) is 2. The summed E-state index contributed by atoms with van der Waals surface area (Å²) in [4.78, 5) is 12.1. The Hall–Kier alpha value is -2.10. The van der Waals surface area contributed by atoms with Crippen molar-refractivity contribution in [3.8, 4) is 0 Å². The van der Waals surface area contributed by atoms with Gasteiger partial charge in [-0.25, -0.2) is 0 Å². The van der Waals surface area contributed by atoms with Crippen LogP contribution >= 0.6 is 0 Å². The molecule has 0 saturated heterocycles. The zero-order chi connectivity index (χ0) is 14.7. The van der Waals surface area contributed by atoms with Crippen molar-refractivity contribution < 1.29 is 4.79 Å². The van der Waals surface area contributed by atoms with Crippen LogP contribution in [0.2, 0.25) is 0 Å². The van der Waals surface area contributed by atoms with Gasteiger partial charge in [0, 0.05) is 18.9 Å². The molecule has 1 N–H and O–H groups in total. The van der Waals surface area contributed by atoms with Crippen LogP contribution in [0.15, 0.2) is 36.7 Å². The average molecular weight is 283 g/mol. The molecule has 0 saturated carbocycles. The van der Waals surface area contributed by atoms with Crippen molar-refractivity contribution in [3.05, 3.63) is 53.3 Å². The number of rotatable bonds is 4. The number of carbonyl (C=O) groups is 1. The van der Waals surface area contributed by atoms with Crippen LogP contribution in [0.25, 0.3) is 0 Å². The van der Waals surface area contributed by atoms with E-state index in [9.17, 15) is 4.79 Å². The minimum absolute atomic E-state index is 0.00331. The predicted molar refractivity (Wildman–Crippen MR) is 81.9 cm³/mol. The molecule has 0 unspecified atom stereocenters. The van der Waals surface area contributed by atoms with Crippen LogP contribution in [0.3, 0.4) is 0 Å². The topological polar surface area (TPSA) is 46.9 Å². The maximum atomic E-state index is 12.1. The second-order valence-electron chi connectivity index (χ2n) is 5.69. The van der Waals surface area contributed by atoms with E-state index in [-0.39, 0.29) is 11.9 Å². The van der Waals surface area contributed by atoms with Gasteiger partial charge in [-0.05, 0) is 55.4 Å². The minimum atomic E-state index is -0.280. The lowest BCUT2D eigenvalue weighted by Crippen LogP contribution is -2.30. The number of hydrogen-bond donors (Lipinski definition) is 1. The Kier molecular flexibility index (Phi) is 4.04. The van der Waals surface area contributed by atoms with E-state index in [0.717, 1.165) is 0 Å². The maximum absolute atomic E-state index is 12.1. The zero-order valence-corrected chi connectivity index (χ0v) is 12.4. The fraction of sp³-hybridized carbons (Fsp3) is 0.412. The van der Waals surface area contributed by atoms with Crippen molar-refractivity contribution in [3.63, 3.8) is 0 Å². The summed E-state index contributed by atoms with van der Waals surface area (Å²) in [6, 6.07) is 8.13. The van der Waals surface area contributed by atoms with Gasteiger partial charge in [-0.1, -0.05) is 18.2 Å². The smallest absolute Gasteiger partial charge is 0.244 e. The first kappa shape index (κ1) is 13.9. The Morgan fingerprint density at radius 3 is 2.90 bits per heavy atom. The van der Waals surface area contributed by atoms with Crippen molar-refractivity contribution in [2.24, 2.45) is 0 Å². The molecule has 21 heavy (non-hydrogen) atoms. The molecule has 1 aromatic carbocycles. The summed E-state index contributed by atoms with van der Waals surface area (Å²) >= 11 is 0. The lowest BCUT2D eigenvalue weighted by Gasteiger charge is -2.17. The number of nitrogens with one attached hydrogen (secondary N) is 1. The number of benzene rings is 1. The second kappa shape index (κ2) is 6.12. The van der Waals surface area contributed by atoms with E-state index in [1.54, 1.807) is 10.9 Å². The SMILES string of the molecule is C[C@H](C(=O)NCc1ccc2c(c1)CCCC2)n1cccn1. The summed E-state index contributed by atoms with van der Waals surface area (Å²) in [5.41, 5.74) is 4.10. The molecule has 2 aromatic rings. The van der Waals surface area contributed by atoms with Gasteiger partial charge in [0.1, 0.15) is 6.04 Å². The Balaban J connectivity index is 1.61. The van der Waals surface area contributed by atoms with Gasteiger partial charge >= 0.3 is 0 Å². The molecule has 3 rings (SSSR count). The molecule has 0 fully saturated rings. The third kappa shape index (κ3) is 3.15. The Bertz CT molecular complexity index is 619. The van der Waals surface area contributed by atoms with Gasteiger partial charge in [0.25, 0.3) is 0 Å². The second-order valence-corrected chi connectivity index (χ2v) is 5.69. The third-order valence-electron chi connectivity index (χ3n) is 4.18. The molecular formula is C17H21N3O. The van der Waals surface area contributed by atoms with Gasteiger partial charge in [-0.15, -0.1) is 0 Å². The standard InChI is InChI=1S/C17H21N3O/c1-13(20-10-4-9-19-20)17(21)18-12-14-7-8-15-5-2-3-6-16(15)11-14/h4,7-11,13H,2-3,5-6,12H2,1H3,(H,18,21)/t13-/m1/s1. The highest BCUT2D eigenvalue weighted by atomic mass is 16.2. The van der Waals surface area contributed by atoms with Gasteiger partial charge in [-0.3, -0.25) is 9.48 Å². The lowest BCUT2D eigenvalue weighted by atomic mass is 9.90. The Labute approximate surface area is 125 Å². The molecule has 1 aliphatic rings. The molecule has 1 amide bonds. The van der Waals surface area contributed by atoms with Crippen LogP contribution < -0.4 is 5.32 Å². The number of amides is 1. The third-order valence-corrected chi connectivity index (χ3v) is 4.18. The van der Waals surface area contributed by atoms with Gasteiger partial charge in [0.15, 0.2) is 0 Å². The van der Waals surface area contributed by atoms with Crippen LogP contribution in [0.4, 0.5) is 0 Å². The number of fused-ring (bicyclic) bond motifs is 1. The van der Waals surface area contributed by atoms with Gasteiger partial charge in [0.2, 0.25) is 5.91 Å². The molecule has 4 heteroatoms. The first-order valence-electron chi connectivity index (χ1n) is 7.61. The van der Waals surface area contributed by atoms with E-state index < -0.39 is 0 Å². The van der Waals surface area contributed by atoms with Gasteiger partial charge in [-0.2, -0.15) is 5.10 Å². The summed E-state index contributed by atoms with van der Waals surface area (Å²) in [6.45, 7) is 2.44. The number of aromatic nitrogens is 2. The molecule has 4 nitrogen and oxygen atoms in total. The molecule has 0 radical (unpaired) electrons. The largest absolute Gasteiger partial charge is 0.350 e. The van der Waals surface area contributed by atoms with Crippen LogP contribution in [0, 0.1) is 0 Å². The van der Waals surface area contributed by atoms with E-state index >= 15 is 0 Å². The number of carbonyl (C=O) groups excluding carboxylic acids is 1. The minimum Gasteiger partial charge on any atom is -0.350 e. The quantitative estimate of drug-likeness (QED) is 0.937. The normalized spacial score (nSPS) is 15.3. The van der Waals surface area contributed by atoms with E-state index in [1.165, 1.54) is 42.4 Å². The molecule has 1 aromatic heterocycles. The Morgan fingerprint density at radius 2 is 2.14 bits per heavy atom. The number of nitrogens with zero attached hydrogens (tertiary/aromatic N) is 2. The number of aryl methyl sites for hydroxylation is 2.